The molecule has 7 rings (SSSR count). The molecule has 0 bridgehead atoms. The number of hydrogen-bond donors (Lipinski definition) is 2. The number of hydrogen-bond acceptors (Lipinski definition) is 9. The lowest BCUT2D eigenvalue weighted by atomic mass is 9.66. The minimum atomic E-state index is -0.384. The van der Waals surface area contributed by atoms with Crippen LogP contribution in [-0.4, -0.2) is 82.2 Å². The van der Waals surface area contributed by atoms with Crippen LogP contribution in [0.4, 0.5) is 21.0 Å². The van der Waals surface area contributed by atoms with Crippen molar-refractivity contribution in [3.8, 4) is 17.3 Å². The average Bonchev–Trinajstić information content (AvgIpc) is 3.55. The molecule has 3 aliphatic rings. The fourth-order valence-corrected chi connectivity index (χ4v) is 7.38. The molecule has 4 aromatic rings. The number of aryl methyl sites for hydroxylation is 2. The zero-order valence-electron chi connectivity index (χ0n) is 24.3. The molecule has 1 spiro atoms. The van der Waals surface area contributed by atoms with Crippen molar-refractivity contribution in [2.24, 2.45) is 5.41 Å². The summed E-state index contributed by atoms with van der Waals surface area (Å²) in [5.74, 6) is 0.671. The number of aliphatic hydroxyl groups excluding tert-OH is 1. The van der Waals surface area contributed by atoms with Crippen LogP contribution >= 0.6 is 11.3 Å². The molecule has 0 aliphatic carbocycles. The first kappa shape index (κ1) is 27.8. The summed E-state index contributed by atoms with van der Waals surface area (Å²) in [6.07, 6.45) is 2.93. The van der Waals surface area contributed by atoms with Gasteiger partial charge in [0.05, 0.1) is 17.5 Å². The fraction of sp³-hybridized carbons (Fsp3) is 0.419. The predicted octanol–water partition coefficient (Wildman–Crippen LogP) is 3.48. The van der Waals surface area contributed by atoms with Crippen LogP contribution in [0.25, 0.3) is 16.9 Å². The van der Waals surface area contributed by atoms with Crippen molar-refractivity contribution in [1.82, 2.24) is 24.6 Å². The van der Waals surface area contributed by atoms with E-state index in [-0.39, 0.29) is 29.3 Å². The molecular formula is C31H33FN8O2S. The molecular weight excluding hydrogens is 567 g/mol. The van der Waals surface area contributed by atoms with Gasteiger partial charge in [0, 0.05) is 69.4 Å². The topological polar surface area (TPSA) is 113 Å². The normalized spacial score (nSPS) is 19.2. The fourth-order valence-electron chi connectivity index (χ4n) is 6.53. The van der Waals surface area contributed by atoms with Gasteiger partial charge in [-0.25, -0.2) is 14.4 Å². The molecule has 2 N–H and O–H groups in total. The third-order valence-corrected chi connectivity index (χ3v) is 10.2. The number of carbonyl (C=O) groups excluding carboxylic acids is 1. The number of carbonyl (C=O) groups is 1. The number of thiazole rings is 1. The zero-order valence-corrected chi connectivity index (χ0v) is 25.2. The number of likely N-dealkylation sites (tertiary alicyclic amines) is 1. The number of nitriles is 1. The number of imidazole rings is 1. The van der Waals surface area contributed by atoms with E-state index in [1.54, 1.807) is 17.0 Å². The van der Waals surface area contributed by atoms with E-state index in [0.29, 0.717) is 40.8 Å². The number of amides is 1. The first-order chi connectivity index (χ1) is 20.7. The Morgan fingerprint density at radius 1 is 1.28 bits per heavy atom. The Kier molecular flexibility index (Phi) is 6.65. The quantitative estimate of drug-likeness (QED) is 0.332. The molecule has 12 heteroatoms. The molecule has 3 aliphatic heterocycles. The highest BCUT2D eigenvalue weighted by Gasteiger charge is 2.55. The maximum Gasteiger partial charge on any atom is 0.224 e. The summed E-state index contributed by atoms with van der Waals surface area (Å²) in [5, 5.41) is 23.5. The molecule has 6 heterocycles. The van der Waals surface area contributed by atoms with Crippen molar-refractivity contribution in [1.29, 1.82) is 5.26 Å². The van der Waals surface area contributed by atoms with Crippen LogP contribution < -0.4 is 15.1 Å². The maximum atomic E-state index is 13.5. The second kappa shape index (κ2) is 10.3. The van der Waals surface area contributed by atoms with E-state index in [4.69, 9.17) is 9.97 Å². The lowest BCUT2D eigenvalue weighted by Gasteiger charge is -2.62. The molecule has 3 aromatic heterocycles. The average molecular weight is 601 g/mol. The van der Waals surface area contributed by atoms with Crippen molar-refractivity contribution in [2.75, 3.05) is 49.6 Å². The van der Waals surface area contributed by atoms with E-state index >= 15 is 0 Å². The molecule has 3 fully saturated rings. The summed E-state index contributed by atoms with van der Waals surface area (Å²) in [6, 6.07) is 10.6. The van der Waals surface area contributed by atoms with Gasteiger partial charge in [-0.05, 0) is 49.2 Å². The van der Waals surface area contributed by atoms with E-state index < -0.39 is 0 Å². The van der Waals surface area contributed by atoms with E-state index in [2.05, 4.69) is 46.8 Å². The van der Waals surface area contributed by atoms with Crippen molar-refractivity contribution in [2.45, 2.75) is 38.8 Å². The van der Waals surface area contributed by atoms with E-state index in [9.17, 15) is 19.6 Å². The van der Waals surface area contributed by atoms with Gasteiger partial charge in [0.15, 0.2) is 5.13 Å². The van der Waals surface area contributed by atoms with Gasteiger partial charge in [0.2, 0.25) is 5.91 Å². The summed E-state index contributed by atoms with van der Waals surface area (Å²) in [4.78, 5) is 29.0. The second-order valence-corrected chi connectivity index (χ2v) is 12.9. The van der Waals surface area contributed by atoms with Crippen molar-refractivity contribution in [3.63, 3.8) is 0 Å². The highest BCUT2D eigenvalue weighted by molar-refractivity contribution is 7.16. The summed E-state index contributed by atoms with van der Waals surface area (Å²) < 4.78 is 15.7. The van der Waals surface area contributed by atoms with Gasteiger partial charge in [-0.15, -0.1) is 0 Å². The largest absolute Gasteiger partial charge is 0.389 e. The first-order valence-corrected chi connectivity index (χ1v) is 15.4. The number of halogens is 1. The van der Waals surface area contributed by atoms with Crippen LogP contribution in [0.15, 0.2) is 36.5 Å². The van der Waals surface area contributed by atoms with Crippen molar-refractivity contribution >= 4 is 39.5 Å². The van der Waals surface area contributed by atoms with Gasteiger partial charge >= 0.3 is 0 Å². The first-order valence-electron chi connectivity index (χ1n) is 14.6. The van der Waals surface area contributed by atoms with Crippen molar-refractivity contribution < 1.29 is 14.3 Å². The number of fused-ring (bicyclic) bond motifs is 1. The van der Waals surface area contributed by atoms with E-state index in [1.807, 2.05) is 11.9 Å². The van der Waals surface area contributed by atoms with Crippen LogP contribution in [0, 0.1) is 29.5 Å². The smallest absolute Gasteiger partial charge is 0.224 e. The molecule has 1 aromatic carbocycles. The molecule has 43 heavy (non-hydrogen) atoms. The molecule has 1 unspecified atom stereocenters. The summed E-state index contributed by atoms with van der Waals surface area (Å²) >= 11 is 1.30. The summed E-state index contributed by atoms with van der Waals surface area (Å²) in [6.45, 7) is 7.66. The van der Waals surface area contributed by atoms with Crippen LogP contribution in [0.1, 0.15) is 29.5 Å². The lowest BCUT2D eigenvalue weighted by Crippen LogP contribution is -2.77. The van der Waals surface area contributed by atoms with Crippen LogP contribution in [0.5, 0.6) is 0 Å². The van der Waals surface area contributed by atoms with Crippen LogP contribution in [0.2, 0.25) is 0 Å². The highest BCUT2D eigenvalue weighted by Crippen LogP contribution is 2.44. The lowest BCUT2D eigenvalue weighted by molar-refractivity contribution is -0.144. The molecule has 1 atom stereocenters. The minimum absolute atomic E-state index is 0.0798. The number of β-amino-alcohol motifs (C(OH)–C–C–N with tert-alkyl or cyclic N) is 1. The Balaban J connectivity index is 1.16. The molecule has 1 amide bonds. The Morgan fingerprint density at radius 2 is 2.02 bits per heavy atom. The van der Waals surface area contributed by atoms with Crippen molar-refractivity contribution in [3.05, 3.63) is 58.5 Å². The zero-order chi connectivity index (χ0) is 30.0. The molecule has 0 saturated carbocycles. The van der Waals surface area contributed by atoms with Gasteiger partial charge in [-0.3, -0.25) is 9.20 Å². The number of nitrogens with zero attached hydrogens (tertiary/aromatic N) is 7. The number of anilines is 3. The number of benzene rings is 1. The number of pyridine rings is 1. The number of rotatable bonds is 7. The maximum absolute atomic E-state index is 13.5. The molecule has 222 valence electrons. The monoisotopic (exact) mass is 600 g/mol. The van der Waals surface area contributed by atoms with Gasteiger partial charge in [-0.2, -0.15) is 5.26 Å². The Bertz CT molecular complexity index is 1760. The standard InChI is InChI=1S/C31H33FN8O2S/c1-4-23-29(37(3)30-36-27(24(11-33)43-30)19-5-7-20(32)8-6-19)40-12-21(9-18(2)28(40)35-23)39-16-31(17-39)15-34-25(31)10-26(42)38-13-22(41)14-38/h5-9,12,22,25,34,41H,4,10,13-17H2,1-3H3. The highest BCUT2D eigenvalue weighted by atomic mass is 32.1. The Hall–Kier alpha value is -4.05. The predicted molar refractivity (Wildman–Crippen MR) is 163 cm³/mol. The SMILES string of the molecule is CCc1nc2c(C)cc(N3CC4(CNC4CC(=O)N4CC(O)C4)C3)cn2c1N(C)c1nc(-c2ccc(F)cc2)c(C#N)s1. The molecule has 10 nitrogen and oxygen atoms in total. The van der Waals surface area contributed by atoms with Crippen LogP contribution in [0.3, 0.4) is 0 Å². The third-order valence-electron chi connectivity index (χ3n) is 9.12. The number of aromatic nitrogens is 3. The summed E-state index contributed by atoms with van der Waals surface area (Å²) in [7, 11) is 1.94. The Labute approximate surface area is 253 Å². The molecule has 0 radical (unpaired) electrons. The van der Waals surface area contributed by atoms with E-state index in [1.165, 1.54) is 23.5 Å². The van der Waals surface area contributed by atoms with Crippen LogP contribution in [-0.2, 0) is 11.2 Å². The van der Waals surface area contributed by atoms with Gasteiger partial charge < -0.3 is 25.1 Å². The third kappa shape index (κ3) is 4.54. The minimum Gasteiger partial charge on any atom is -0.389 e. The Morgan fingerprint density at radius 3 is 2.65 bits per heavy atom. The summed E-state index contributed by atoms with van der Waals surface area (Å²) in [5.41, 5.74) is 5.27. The second-order valence-electron chi connectivity index (χ2n) is 12.0. The number of nitrogens with one attached hydrogen (secondary N) is 1. The number of aliphatic hydroxyl groups is 1. The van der Waals surface area contributed by atoms with E-state index in [0.717, 1.165) is 54.5 Å². The van der Waals surface area contributed by atoms with Gasteiger partial charge in [0.25, 0.3) is 0 Å². The molecule has 3 saturated heterocycles. The van der Waals surface area contributed by atoms with Gasteiger partial charge in [0.1, 0.15) is 33.9 Å². The van der Waals surface area contributed by atoms with Gasteiger partial charge in [-0.1, -0.05) is 18.3 Å².